The Morgan fingerprint density at radius 3 is 2.21 bits per heavy atom. The summed E-state index contributed by atoms with van der Waals surface area (Å²) in [7, 11) is -0.792. The van der Waals surface area contributed by atoms with Crippen LogP contribution < -0.4 is 19.9 Å². The largest absolute Gasteiger partial charge is 0.496 e. The summed E-state index contributed by atoms with van der Waals surface area (Å²) in [6.45, 7) is 4.07. The van der Waals surface area contributed by atoms with Gasteiger partial charge >= 0.3 is 0 Å². The van der Waals surface area contributed by atoms with E-state index >= 15 is 0 Å². The molecule has 1 aliphatic rings. The van der Waals surface area contributed by atoms with Crippen molar-refractivity contribution in [3.05, 3.63) is 52.5 Å². The lowest BCUT2D eigenvalue weighted by Gasteiger charge is -2.13. The van der Waals surface area contributed by atoms with Crippen molar-refractivity contribution in [1.82, 2.24) is 5.32 Å². The number of rotatable bonds is 6. The van der Waals surface area contributed by atoms with E-state index in [9.17, 15) is 13.2 Å². The number of nitrogens with two attached hydrogens (primary N) is 1. The van der Waals surface area contributed by atoms with E-state index in [0.717, 1.165) is 5.56 Å². The van der Waals surface area contributed by atoms with E-state index in [0.29, 0.717) is 22.1 Å². The molecule has 3 rings (SSSR count). The number of halogens is 1. The second kappa shape index (κ2) is 7.51. The third-order valence-electron chi connectivity index (χ3n) is 5.40. The Morgan fingerprint density at radius 1 is 1.10 bits per heavy atom. The molecule has 2 atom stereocenters. The fraction of sp³-hybridized carbons (Fsp3) is 0.350. The quantitative estimate of drug-likeness (QED) is 0.720. The van der Waals surface area contributed by atoms with E-state index in [-0.39, 0.29) is 28.2 Å². The summed E-state index contributed by atoms with van der Waals surface area (Å²) in [6.07, 6.45) is 0. The smallest absolute Gasteiger partial charge is 0.255 e. The number of benzene rings is 2. The van der Waals surface area contributed by atoms with Gasteiger partial charge in [0.1, 0.15) is 11.5 Å². The van der Waals surface area contributed by atoms with Gasteiger partial charge in [-0.1, -0.05) is 37.6 Å². The van der Waals surface area contributed by atoms with Gasteiger partial charge in [-0.2, -0.15) is 0 Å². The van der Waals surface area contributed by atoms with Gasteiger partial charge in [-0.15, -0.1) is 0 Å². The highest BCUT2D eigenvalue weighted by Gasteiger charge is 2.59. The van der Waals surface area contributed by atoms with E-state index < -0.39 is 10.0 Å². The number of carbonyl (C=O) groups excluding carboxylic acids is 1. The highest BCUT2D eigenvalue weighted by molar-refractivity contribution is 7.89. The average Bonchev–Trinajstić information content (AvgIpc) is 3.20. The number of nitrogens with one attached hydrogen (secondary N) is 1. The van der Waals surface area contributed by atoms with Gasteiger partial charge in [0, 0.05) is 18.0 Å². The fourth-order valence-electron chi connectivity index (χ4n) is 3.65. The zero-order chi connectivity index (χ0) is 21.6. The highest BCUT2D eigenvalue weighted by atomic mass is 35.5. The van der Waals surface area contributed by atoms with Gasteiger partial charge in [0.25, 0.3) is 5.91 Å². The van der Waals surface area contributed by atoms with Crippen LogP contribution in [0.2, 0.25) is 5.02 Å². The number of ether oxygens (including phenoxy) is 2. The zero-order valence-corrected chi connectivity index (χ0v) is 18.1. The first-order valence-electron chi connectivity index (χ1n) is 8.86. The molecule has 9 heteroatoms. The molecule has 1 aliphatic carbocycles. The summed E-state index contributed by atoms with van der Waals surface area (Å²) in [5.74, 6) is 0.490. The first-order valence-corrected chi connectivity index (χ1v) is 10.8. The molecule has 2 aromatic carbocycles. The van der Waals surface area contributed by atoms with Crippen molar-refractivity contribution in [2.75, 3.05) is 14.2 Å². The second-order valence-corrected chi connectivity index (χ2v) is 9.52. The molecule has 3 N–H and O–H groups in total. The van der Waals surface area contributed by atoms with Crippen molar-refractivity contribution >= 4 is 27.5 Å². The van der Waals surface area contributed by atoms with Crippen LogP contribution in [0.1, 0.15) is 35.7 Å². The Kier molecular flexibility index (Phi) is 5.55. The third kappa shape index (κ3) is 4.05. The van der Waals surface area contributed by atoms with Crippen LogP contribution in [0.5, 0.6) is 11.5 Å². The Balaban J connectivity index is 1.82. The second-order valence-electron chi connectivity index (χ2n) is 7.55. The number of sulfonamides is 1. The molecule has 0 aliphatic heterocycles. The molecular weight excluding hydrogens is 416 g/mol. The molecule has 0 bridgehead atoms. The first kappa shape index (κ1) is 21.4. The lowest BCUT2D eigenvalue weighted by molar-refractivity contribution is 0.0943. The van der Waals surface area contributed by atoms with Crippen LogP contribution in [0.4, 0.5) is 0 Å². The van der Waals surface area contributed by atoms with Crippen molar-refractivity contribution in [3.8, 4) is 11.5 Å². The van der Waals surface area contributed by atoms with Crippen molar-refractivity contribution in [2.24, 2.45) is 10.6 Å². The number of carbonyl (C=O) groups is 1. The fourth-order valence-corrected chi connectivity index (χ4v) is 4.41. The Labute approximate surface area is 175 Å². The molecule has 0 spiro atoms. The molecule has 0 saturated heterocycles. The molecule has 2 aromatic rings. The van der Waals surface area contributed by atoms with Crippen molar-refractivity contribution in [1.29, 1.82) is 0 Å². The van der Waals surface area contributed by atoms with E-state index in [4.69, 9.17) is 26.2 Å². The minimum atomic E-state index is -3.75. The molecular formula is C20H23ClN2O5S. The maximum Gasteiger partial charge on any atom is 0.255 e. The van der Waals surface area contributed by atoms with Gasteiger partial charge in [0.2, 0.25) is 10.0 Å². The van der Waals surface area contributed by atoms with E-state index in [2.05, 4.69) is 5.32 Å². The Hall–Kier alpha value is -2.29. The maximum absolute atomic E-state index is 12.9. The molecule has 1 amide bonds. The van der Waals surface area contributed by atoms with Gasteiger partial charge in [-0.3, -0.25) is 4.79 Å². The normalized spacial score (nSPS) is 20.1. The first-order chi connectivity index (χ1) is 13.5. The Bertz CT molecular complexity index is 1050. The molecule has 1 saturated carbocycles. The lowest BCUT2D eigenvalue weighted by Crippen LogP contribution is -2.29. The van der Waals surface area contributed by atoms with Crippen LogP contribution in [0.25, 0.3) is 0 Å². The molecule has 0 heterocycles. The summed E-state index contributed by atoms with van der Waals surface area (Å²) < 4.78 is 33.4. The predicted molar refractivity (Wildman–Crippen MR) is 110 cm³/mol. The van der Waals surface area contributed by atoms with Crippen LogP contribution in [-0.4, -0.2) is 34.6 Å². The summed E-state index contributed by atoms with van der Waals surface area (Å²) in [6, 6.07) is 9.35. The molecule has 156 valence electrons. The molecule has 0 aromatic heterocycles. The number of methoxy groups -OCH3 is 2. The minimum absolute atomic E-state index is 0.0284. The van der Waals surface area contributed by atoms with E-state index in [1.165, 1.54) is 32.4 Å². The number of hydrogen-bond acceptors (Lipinski definition) is 5. The molecule has 29 heavy (non-hydrogen) atoms. The van der Waals surface area contributed by atoms with Crippen LogP contribution in [-0.2, 0) is 10.0 Å². The molecule has 1 fully saturated rings. The summed E-state index contributed by atoms with van der Waals surface area (Å²) in [5, 5.41) is 8.49. The summed E-state index contributed by atoms with van der Waals surface area (Å²) in [5.41, 5.74) is 1.03. The topological polar surface area (TPSA) is 108 Å². The standard InChI is InChI=1S/C20H23ClN2O5S/c1-20(2)17(11-5-7-12(8-6-11)29(22,25)26)18(20)23-19(24)13-9-14(21)16(28-4)10-15(13)27-3/h5-10,17-18H,1-4H3,(H,23,24)(H2,22,25,26)/t17-,18+/m1/s1. The summed E-state index contributed by atoms with van der Waals surface area (Å²) in [4.78, 5) is 12.9. The molecule has 0 unspecified atom stereocenters. The van der Waals surface area contributed by atoms with Gasteiger partial charge in [-0.05, 0) is 29.2 Å². The lowest BCUT2D eigenvalue weighted by atomic mass is 10.0. The number of amides is 1. The summed E-state index contributed by atoms with van der Waals surface area (Å²) >= 11 is 6.17. The van der Waals surface area contributed by atoms with Crippen molar-refractivity contribution < 1.29 is 22.7 Å². The van der Waals surface area contributed by atoms with Gasteiger partial charge in [-0.25, -0.2) is 13.6 Å². The van der Waals surface area contributed by atoms with E-state index in [1.54, 1.807) is 18.2 Å². The van der Waals surface area contributed by atoms with Crippen LogP contribution in [0.3, 0.4) is 0 Å². The van der Waals surface area contributed by atoms with Gasteiger partial charge < -0.3 is 14.8 Å². The van der Waals surface area contributed by atoms with Gasteiger partial charge in [0.05, 0.1) is 29.7 Å². The SMILES string of the molecule is COc1cc(OC)c(C(=O)N[C@H]2[C@@H](c3ccc(S(N)(=O)=O)cc3)C2(C)C)cc1Cl. The van der Waals surface area contributed by atoms with Crippen LogP contribution in [0.15, 0.2) is 41.3 Å². The molecule has 7 nitrogen and oxygen atoms in total. The Morgan fingerprint density at radius 2 is 1.69 bits per heavy atom. The van der Waals surface area contributed by atoms with Crippen molar-refractivity contribution in [3.63, 3.8) is 0 Å². The number of primary sulfonamides is 1. The highest BCUT2D eigenvalue weighted by Crippen LogP contribution is 2.58. The zero-order valence-electron chi connectivity index (χ0n) is 16.5. The van der Waals surface area contributed by atoms with Gasteiger partial charge in [0.15, 0.2) is 0 Å². The average molecular weight is 439 g/mol. The van der Waals surface area contributed by atoms with Crippen LogP contribution in [0, 0.1) is 5.41 Å². The predicted octanol–water partition coefficient (Wildman–Crippen LogP) is 2.93. The monoisotopic (exact) mass is 438 g/mol. The number of hydrogen-bond donors (Lipinski definition) is 2. The molecule has 0 radical (unpaired) electrons. The minimum Gasteiger partial charge on any atom is -0.496 e. The third-order valence-corrected chi connectivity index (χ3v) is 6.62. The van der Waals surface area contributed by atoms with Crippen LogP contribution >= 0.6 is 11.6 Å². The van der Waals surface area contributed by atoms with Crippen molar-refractivity contribution in [2.45, 2.75) is 30.7 Å². The maximum atomic E-state index is 12.9. The van der Waals surface area contributed by atoms with E-state index in [1.807, 2.05) is 13.8 Å².